The Hall–Kier alpha value is -2.14. The molecule has 0 unspecified atom stereocenters. The molecule has 1 heterocycles. The van der Waals surface area contributed by atoms with Gasteiger partial charge in [0.05, 0.1) is 5.69 Å². The Bertz CT molecular complexity index is 476. The lowest BCUT2D eigenvalue weighted by Crippen LogP contribution is -2.30. The molecule has 0 aliphatic rings. The monoisotopic (exact) mass is 230 g/mol. The molecule has 1 aromatic carbocycles. The molecule has 0 saturated heterocycles. The van der Waals surface area contributed by atoms with Crippen LogP contribution in [0.25, 0.3) is 5.69 Å². The lowest BCUT2D eigenvalue weighted by molar-refractivity contribution is -0.121. The maximum atomic E-state index is 11.0. The zero-order chi connectivity index (χ0) is 12.1. The number of aromatic nitrogens is 2. The summed E-state index contributed by atoms with van der Waals surface area (Å²) in [4.78, 5) is 11.0. The van der Waals surface area contributed by atoms with E-state index in [4.69, 9.17) is 5.84 Å². The van der Waals surface area contributed by atoms with Gasteiger partial charge >= 0.3 is 0 Å². The molecule has 0 saturated carbocycles. The predicted octanol–water partition coefficient (Wildman–Crippen LogP) is 0.795. The standard InChI is InChI=1S/C12H14N4O/c13-15-12(17)7-4-10-2-5-11(6-3-10)16-9-1-8-14-16/h1-3,5-6,8-9H,4,7,13H2,(H,15,17). The number of hydrogen-bond acceptors (Lipinski definition) is 3. The molecular formula is C12H14N4O. The number of nitrogens with two attached hydrogens (primary N) is 1. The lowest BCUT2D eigenvalue weighted by Gasteiger charge is -2.04. The normalized spacial score (nSPS) is 10.2. The molecule has 1 aromatic heterocycles. The summed E-state index contributed by atoms with van der Waals surface area (Å²) in [6.07, 6.45) is 4.70. The summed E-state index contributed by atoms with van der Waals surface area (Å²) in [5.41, 5.74) is 4.22. The predicted molar refractivity (Wildman–Crippen MR) is 64.2 cm³/mol. The van der Waals surface area contributed by atoms with Crippen LogP contribution in [0.1, 0.15) is 12.0 Å². The Labute approximate surface area is 99.2 Å². The minimum atomic E-state index is -0.152. The van der Waals surface area contributed by atoms with Gasteiger partial charge in [0.25, 0.3) is 0 Å². The number of carbonyl (C=O) groups excluding carboxylic acids is 1. The van der Waals surface area contributed by atoms with Crippen LogP contribution in [0.5, 0.6) is 0 Å². The van der Waals surface area contributed by atoms with Crippen LogP contribution < -0.4 is 11.3 Å². The fourth-order valence-corrected chi connectivity index (χ4v) is 1.57. The average molecular weight is 230 g/mol. The molecule has 2 rings (SSSR count). The summed E-state index contributed by atoms with van der Waals surface area (Å²) >= 11 is 0. The Morgan fingerprint density at radius 1 is 1.35 bits per heavy atom. The van der Waals surface area contributed by atoms with Gasteiger partial charge in [-0.2, -0.15) is 5.10 Å². The number of nitrogens with zero attached hydrogens (tertiary/aromatic N) is 2. The van der Waals surface area contributed by atoms with Crippen molar-refractivity contribution in [1.29, 1.82) is 0 Å². The minimum Gasteiger partial charge on any atom is -0.294 e. The molecule has 1 amide bonds. The Balaban J connectivity index is 2.01. The number of amides is 1. The van der Waals surface area contributed by atoms with Crippen molar-refractivity contribution in [3.05, 3.63) is 48.3 Å². The molecule has 0 bridgehead atoms. The molecule has 5 heteroatoms. The number of carbonyl (C=O) groups is 1. The van der Waals surface area contributed by atoms with Gasteiger partial charge in [-0.05, 0) is 30.2 Å². The number of benzene rings is 1. The highest BCUT2D eigenvalue weighted by molar-refractivity contribution is 5.75. The van der Waals surface area contributed by atoms with E-state index in [2.05, 4.69) is 10.5 Å². The van der Waals surface area contributed by atoms with Gasteiger partial charge in [0, 0.05) is 18.8 Å². The van der Waals surface area contributed by atoms with Crippen molar-refractivity contribution in [1.82, 2.24) is 15.2 Å². The molecule has 5 nitrogen and oxygen atoms in total. The lowest BCUT2D eigenvalue weighted by atomic mass is 10.1. The molecule has 2 aromatic rings. The highest BCUT2D eigenvalue weighted by Gasteiger charge is 2.01. The van der Waals surface area contributed by atoms with E-state index < -0.39 is 0 Å². The Morgan fingerprint density at radius 3 is 2.71 bits per heavy atom. The van der Waals surface area contributed by atoms with E-state index in [0.717, 1.165) is 11.3 Å². The summed E-state index contributed by atoms with van der Waals surface area (Å²) < 4.78 is 1.79. The molecular weight excluding hydrogens is 216 g/mol. The van der Waals surface area contributed by atoms with Crippen LogP contribution in [0.3, 0.4) is 0 Å². The van der Waals surface area contributed by atoms with Gasteiger partial charge in [-0.25, -0.2) is 10.5 Å². The van der Waals surface area contributed by atoms with Crippen molar-refractivity contribution in [3.63, 3.8) is 0 Å². The van der Waals surface area contributed by atoms with E-state index in [9.17, 15) is 4.79 Å². The third-order valence-electron chi connectivity index (χ3n) is 2.51. The van der Waals surface area contributed by atoms with Crippen molar-refractivity contribution in [2.24, 2.45) is 5.84 Å². The first kappa shape index (κ1) is 11.3. The van der Waals surface area contributed by atoms with Gasteiger partial charge in [-0.3, -0.25) is 10.2 Å². The van der Waals surface area contributed by atoms with E-state index in [1.807, 2.05) is 36.5 Å². The van der Waals surface area contributed by atoms with Crippen LogP contribution in [0.2, 0.25) is 0 Å². The summed E-state index contributed by atoms with van der Waals surface area (Å²) in [6, 6.07) is 9.80. The maximum Gasteiger partial charge on any atom is 0.234 e. The zero-order valence-electron chi connectivity index (χ0n) is 9.34. The number of nitrogens with one attached hydrogen (secondary N) is 1. The Morgan fingerprint density at radius 2 is 2.12 bits per heavy atom. The van der Waals surface area contributed by atoms with Gasteiger partial charge in [0.15, 0.2) is 0 Å². The van der Waals surface area contributed by atoms with Crippen LogP contribution in [0.4, 0.5) is 0 Å². The molecule has 0 spiro atoms. The molecule has 0 aliphatic heterocycles. The fourth-order valence-electron chi connectivity index (χ4n) is 1.57. The molecule has 3 N–H and O–H groups in total. The number of aryl methyl sites for hydroxylation is 1. The summed E-state index contributed by atoms with van der Waals surface area (Å²) in [6.45, 7) is 0. The second-order valence-corrected chi connectivity index (χ2v) is 3.68. The molecule has 88 valence electrons. The molecule has 0 aliphatic carbocycles. The topological polar surface area (TPSA) is 72.9 Å². The van der Waals surface area contributed by atoms with Crippen molar-refractivity contribution >= 4 is 5.91 Å². The van der Waals surface area contributed by atoms with Crippen LogP contribution in [0, 0.1) is 0 Å². The first-order valence-electron chi connectivity index (χ1n) is 5.38. The first-order valence-corrected chi connectivity index (χ1v) is 5.38. The van der Waals surface area contributed by atoms with Crippen LogP contribution in [-0.4, -0.2) is 15.7 Å². The SMILES string of the molecule is NNC(=O)CCc1ccc(-n2cccn2)cc1. The number of rotatable bonds is 4. The van der Waals surface area contributed by atoms with E-state index in [0.29, 0.717) is 12.8 Å². The second-order valence-electron chi connectivity index (χ2n) is 3.68. The van der Waals surface area contributed by atoms with Crippen LogP contribution in [0.15, 0.2) is 42.7 Å². The summed E-state index contributed by atoms with van der Waals surface area (Å²) in [5.74, 6) is 4.86. The van der Waals surface area contributed by atoms with Crippen molar-refractivity contribution < 1.29 is 4.79 Å². The van der Waals surface area contributed by atoms with E-state index >= 15 is 0 Å². The van der Waals surface area contributed by atoms with Gasteiger partial charge in [-0.15, -0.1) is 0 Å². The van der Waals surface area contributed by atoms with Gasteiger partial charge in [0.2, 0.25) is 5.91 Å². The van der Waals surface area contributed by atoms with Crippen molar-refractivity contribution in [2.45, 2.75) is 12.8 Å². The molecule has 0 atom stereocenters. The fraction of sp³-hybridized carbons (Fsp3) is 0.167. The molecule has 0 fully saturated rings. The minimum absolute atomic E-state index is 0.152. The third-order valence-corrected chi connectivity index (χ3v) is 2.51. The van der Waals surface area contributed by atoms with Crippen LogP contribution in [-0.2, 0) is 11.2 Å². The smallest absolute Gasteiger partial charge is 0.234 e. The van der Waals surface area contributed by atoms with Gasteiger partial charge < -0.3 is 0 Å². The number of hydrogen-bond donors (Lipinski definition) is 2. The van der Waals surface area contributed by atoms with Crippen LogP contribution >= 0.6 is 0 Å². The quantitative estimate of drug-likeness (QED) is 0.463. The summed E-state index contributed by atoms with van der Waals surface area (Å²) in [5, 5.41) is 4.14. The second kappa shape index (κ2) is 5.27. The van der Waals surface area contributed by atoms with E-state index in [1.165, 1.54) is 0 Å². The van der Waals surface area contributed by atoms with Crippen molar-refractivity contribution in [3.8, 4) is 5.69 Å². The Kier molecular flexibility index (Phi) is 3.52. The highest BCUT2D eigenvalue weighted by atomic mass is 16.2. The third kappa shape index (κ3) is 2.92. The maximum absolute atomic E-state index is 11.0. The average Bonchev–Trinajstić information content (AvgIpc) is 2.90. The highest BCUT2D eigenvalue weighted by Crippen LogP contribution is 2.09. The molecule has 17 heavy (non-hydrogen) atoms. The van der Waals surface area contributed by atoms with E-state index in [1.54, 1.807) is 10.9 Å². The summed E-state index contributed by atoms with van der Waals surface area (Å²) in [7, 11) is 0. The van der Waals surface area contributed by atoms with Gasteiger partial charge in [-0.1, -0.05) is 12.1 Å². The zero-order valence-corrected chi connectivity index (χ0v) is 9.34. The number of hydrazine groups is 1. The van der Waals surface area contributed by atoms with Gasteiger partial charge in [0.1, 0.15) is 0 Å². The molecule has 0 radical (unpaired) electrons. The van der Waals surface area contributed by atoms with Crippen molar-refractivity contribution in [2.75, 3.05) is 0 Å². The van der Waals surface area contributed by atoms with E-state index in [-0.39, 0.29) is 5.91 Å². The first-order chi connectivity index (χ1) is 8.29. The largest absolute Gasteiger partial charge is 0.294 e.